The van der Waals surface area contributed by atoms with E-state index >= 15 is 0 Å². The third-order valence-electron chi connectivity index (χ3n) is 4.19. The van der Waals surface area contributed by atoms with Crippen LogP contribution in [0.5, 0.6) is 0 Å². The summed E-state index contributed by atoms with van der Waals surface area (Å²) < 4.78 is 5.22. The predicted octanol–water partition coefficient (Wildman–Crippen LogP) is 1.62. The summed E-state index contributed by atoms with van der Waals surface area (Å²) in [6, 6.07) is 2.01. The Bertz CT molecular complexity index is 467. The van der Waals surface area contributed by atoms with Gasteiger partial charge in [-0.2, -0.15) is 0 Å². The molecule has 1 aromatic rings. The quantitative estimate of drug-likeness (QED) is 0.897. The van der Waals surface area contributed by atoms with Crippen molar-refractivity contribution in [2.45, 2.75) is 38.6 Å². The molecule has 1 aromatic heterocycles. The van der Waals surface area contributed by atoms with Crippen LogP contribution in [0.3, 0.4) is 0 Å². The number of likely N-dealkylation sites (N-methyl/N-ethyl adjacent to an activating group) is 1. The fraction of sp³-hybridized carbons (Fsp3) is 0.714. The normalized spacial score (nSPS) is 27.7. The molecule has 5 heteroatoms. The molecule has 1 aliphatic heterocycles. The summed E-state index contributed by atoms with van der Waals surface area (Å²) in [5.41, 5.74) is 0.420. The zero-order chi connectivity index (χ0) is 13.4. The van der Waals surface area contributed by atoms with Gasteiger partial charge < -0.3 is 14.7 Å². The van der Waals surface area contributed by atoms with E-state index in [1.807, 2.05) is 0 Å². The summed E-state index contributed by atoms with van der Waals surface area (Å²) in [5, 5.41) is 6.96. The molecule has 1 saturated carbocycles. The highest BCUT2D eigenvalue weighted by molar-refractivity contribution is 5.92. The second-order valence-corrected chi connectivity index (χ2v) is 5.80. The molecule has 1 N–H and O–H groups in total. The molecule has 0 radical (unpaired) electrons. The van der Waals surface area contributed by atoms with Gasteiger partial charge in [0.05, 0.1) is 0 Å². The number of carbonyl (C=O) groups is 1. The second kappa shape index (κ2) is 4.96. The van der Waals surface area contributed by atoms with E-state index in [2.05, 4.69) is 29.2 Å². The Morgan fingerprint density at radius 2 is 2.32 bits per heavy atom. The Hall–Kier alpha value is -1.36. The lowest BCUT2D eigenvalue weighted by Gasteiger charge is -2.15. The minimum Gasteiger partial charge on any atom is -0.360 e. The van der Waals surface area contributed by atoms with Gasteiger partial charge in [-0.05, 0) is 25.3 Å². The van der Waals surface area contributed by atoms with Crippen LogP contribution in [0.25, 0.3) is 0 Å². The number of aromatic nitrogens is 1. The van der Waals surface area contributed by atoms with Gasteiger partial charge in [0.2, 0.25) is 0 Å². The van der Waals surface area contributed by atoms with Crippen molar-refractivity contribution in [3.63, 3.8) is 0 Å². The molecular weight excluding hydrogens is 242 g/mol. The third-order valence-corrected chi connectivity index (χ3v) is 4.19. The largest absolute Gasteiger partial charge is 0.360 e. The van der Waals surface area contributed by atoms with Crippen LogP contribution in [0.15, 0.2) is 10.6 Å². The summed E-state index contributed by atoms with van der Waals surface area (Å²) >= 11 is 0. The maximum atomic E-state index is 12.1. The van der Waals surface area contributed by atoms with Crippen LogP contribution in [-0.4, -0.2) is 41.6 Å². The van der Waals surface area contributed by atoms with Gasteiger partial charge in [-0.1, -0.05) is 19.0 Å². The Morgan fingerprint density at radius 3 is 2.95 bits per heavy atom. The van der Waals surface area contributed by atoms with Crippen LogP contribution < -0.4 is 5.32 Å². The smallest absolute Gasteiger partial charge is 0.273 e. The highest BCUT2D eigenvalue weighted by atomic mass is 16.5. The average molecular weight is 263 g/mol. The van der Waals surface area contributed by atoms with Crippen LogP contribution in [0.4, 0.5) is 0 Å². The van der Waals surface area contributed by atoms with E-state index in [-0.39, 0.29) is 11.9 Å². The minimum atomic E-state index is -0.106. The van der Waals surface area contributed by atoms with E-state index in [9.17, 15) is 4.79 Å². The second-order valence-electron chi connectivity index (χ2n) is 5.80. The van der Waals surface area contributed by atoms with Crippen molar-refractivity contribution >= 4 is 5.91 Å². The van der Waals surface area contributed by atoms with Gasteiger partial charge in [-0.15, -0.1) is 0 Å². The number of rotatable bonds is 4. The maximum absolute atomic E-state index is 12.1. The zero-order valence-corrected chi connectivity index (χ0v) is 11.6. The predicted molar refractivity (Wildman–Crippen MR) is 71.0 cm³/mol. The molecule has 2 atom stereocenters. The highest BCUT2D eigenvalue weighted by Crippen LogP contribution is 2.40. The van der Waals surface area contributed by atoms with Crippen molar-refractivity contribution in [2.75, 3.05) is 19.6 Å². The Kier molecular flexibility index (Phi) is 3.31. The first-order chi connectivity index (χ1) is 9.17. The molecule has 3 rings (SSSR count). The summed E-state index contributed by atoms with van der Waals surface area (Å²) in [6.45, 7) is 7.34. The fourth-order valence-electron chi connectivity index (χ4n) is 2.71. The third kappa shape index (κ3) is 2.66. The van der Waals surface area contributed by atoms with E-state index in [1.165, 1.54) is 0 Å². The molecule has 0 unspecified atom stereocenters. The van der Waals surface area contributed by atoms with Gasteiger partial charge in [0.15, 0.2) is 5.69 Å². The van der Waals surface area contributed by atoms with Crippen LogP contribution in [0.1, 0.15) is 48.9 Å². The molecule has 0 aromatic carbocycles. The minimum absolute atomic E-state index is 0.106. The zero-order valence-electron chi connectivity index (χ0n) is 11.6. The molecule has 0 bridgehead atoms. The van der Waals surface area contributed by atoms with Crippen molar-refractivity contribution < 1.29 is 9.32 Å². The number of amides is 1. The van der Waals surface area contributed by atoms with Crippen LogP contribution >= 0.6 is 0 Å². The molecule has 19 heavy (non-hydrogen) atoms. The number of hydrogen-bond donors (Lipinski definition) is 1. The lowest BCUT2D eigenvalue weighted by atomic mass is 10.1. The number of likely N-dealkylation sites (tertiary alicyclic amines) is 1. The summed E-state index contributed by atoms with van der Waals surface area (Å²) in [6.07, 6.45) is 2.31. The lowest BCUT2D eigenvalue weighted by molar-refractivity contribution is 0.0922. The Morgan fingerprint density at radius 1 is 1.53 bits per heavy atom. The van der Waals surface area contributed by atoms with Gasteiger partial charge in [0.1, 0.15) is 5.76 Å². The molecule has 1 amide bonds. The first-order valence-electron chi connectivity index (χ1n) is 7.17. The van der Waals surface area contributed by atoms with Crippen LogP contribution in [0.2, 0.25) is 0 Å². The Labute approximate surface area is 113 Å². The van der Waals surface area contributed by atoms with E-state index < -0.39 is 0 Å². The molecule has 5 nitrogen and oxygen atoms in total. The van der Waals surface area contributed by atoms with Gasteiger partial charge >= 0.3 is 0 Å². The van der Waals surface area contributed by atoms with E-state index in [4.69, 9.17) is 4.52 Å². The monoisotopic (exact) mass is 263 g/mol. The summed E-state index contributed by atoms with van der Waals surface area (Å²) in [7, 11) is 0. The van der Waals surface area contributed by atoms with Gasteiger partial charge in [0.25, 0.3) is 5.91 Å². The molecule has 2 fully saturated rings. The molecule has 104 valence electrons. The number of nitrogens with zero attached hydrogens (tertiary/aromatic N) is 2. The molecular formula is C14H21N3O2. The van der Waals surface area contributed by atoms with Crippen molar-refractivity contribution in [2.24, 2.45) is 5.92 Å². The van der Waals surface area contributed by atoms with Crippen molar-refractivity contribution in [1.82, 2.24) is 15.4 Å². The highest BCUT2D eigenvalue weighted by Gasteiger charge is 2.32. The first kappa shape index (κ1) is 12.7. The summed E-state index contributed by atoms with van der Waals surface area (Å²) in [5.74, 6) is 1.74. The number of carbonyl (C=O) groups excluding carboxylic acids is 1. The van der Waals surface area contributed by atoms with Gasteiger partial charge in [-0.25, -0.2) is 0 Å². The maximum Gasteiger partial charge on any atom is 0.273 e. The Balaban J connectivity index is 1.60. The first-order valence-corrected chi connectivity index (χ1v) is 7.17. The molecule has 1 saturated heterocycles. The van der Waals surface area contributed by atoms with Gasteiger partial charge in [0, 0.05) is 31.1 Å². The molecule has 1 aliphatic carbocycles. The number of hydrogen-bond acceptors (Lipinski definition) is 4. The number of nitrogens with one attached hydrogen (secondary N) is 1. The standard InChI is InChI=1S/C14H21N3O2/c1-3-17-7-9(2)12(8-17)15-14(18)11-6-13(19-16-11)10-4-5-10/h6,9-10,12H,3-5,7-8H2,1-2H3,(H,15,18)/t9-,12-/m0/s1. The van der Waals surface area contributed by atoms with Crippen LogP contribution in [-0.2, 0) is 0 Å². The van der Waals surface area contributed by atoms with Crippen LogP contribution in [0, 0.1) is 5.92 Å². The topological polar surface area (TPSA) is 58.4 Å². The summed E-state index contributed by atoms with van der Waals surface area (Å²) in [4.78, 5) is 14.5. The molecule has 2 aliphatic rings. The van der Waals surface area contributed by atoms with Crippen molar-refractivity contribution in [3.8, 4) is 0 Å². The van der Waals surface area contributed by atoms with E-state index in [0.717, 1.165) is 38.2 Å². The lowest BCUT2D eigenvalue weighted by Crippen LogP contribution is -2.40. The average Bonchev–Trinajstić information content (AvgIpc) is 3.02. The van der Waals surface area contributed by atoms with Crippen molar-refractivity contribution in [1.29, 1.82) is 0 Å². The fourth-order valence-corrected chi connectivity index (χ4v) is 2.71. The van der Waals surface area contributed by atoms with Crippen molar-refractivity contribution in [3.05, 3.63) is 17.5 Å². The molecule has 2 heterocycles. The molecule has 0 spiro atoms. The van der Waals surface area contributed by atoms with E-state index in [0.29, 0.717) is 17.5 Å². The SMILES string of the molecule is CCN1C[C@H](NC(=O)c2cc(C3CC3)on2)[C@@H](C)C1. The van der Waals surface area contributed by atoms with E-state index in [1.54, 1.807) is 6.07 Å². The van der Waals surface area contributed by atoms with Gasteiger partial charge in [-0.3, -0.25) is 4.79 Å².